The molecule has 134 valence electrons. The molecule has 0 atom stereocenters. The van der Waals surface area contributed by atoms with Gasteiger partial charge in [0.05, 0.1) is 5.56 Å². The van der Waals surface area contributed by atoms with Crippen LogP contribution >= 0.6 is 12.2 Å². The summed E-state index contributed by atoms with van der Waals surface area (Å²) in [7, 11) is 4.00. The Morgan fingerprint density at radius 3 is 2.42 bits per heavy atom. The molecule has 1 saturated heterocycles. The maximum Gasteiger partial charge on any atom is 0.417 e. The van der Waals surface area contributed by atoms with Gasteiger partial charge in [-0.15, -0.1) is 0 Å². The van der Waals surface area contributed by atoms with Crippen molar-refractivity contribution >= 4 is 23.1 Å². The third-order valence-corrected chi connectivity index (χ3v) is 4.20. The predicted octanol–water partition coefficient (Wildman–Crippen LogP) is 1.66. The Kier molecular flexibility index (Phi) is 6.22. The summed E-state index contributed by atoms with van der Waals surface area (Å²) in [5.41, 5.74) is -0.726. The molecule has 24 heavy (non-hydrogen) atoms. The number of halogens is 3. The molecule has 0 aliphatic carbocycles. The molecule has 0 aromatic carbocycles. The number of nitrogens with zero attached hydrogens (tertiary/aromatic N) is 4. The first kappa shape index (κ1) is 18.7. The summed E-state index contributed by atoms with van der Waals surface area (Å²) < 4.78 is 37.7. The lowest BCUT2D eigenvalue weighted by Crippen LogP contribution is -2.52. The van der Waals surface area contributed by atoms with Crippen LogP contribution in [0.5, 0.6) is 0 Å². The van der Waals surface area contributed by atoms with Crippen molar-refractivity contribution < 1.29 is 13.2 Å². The second-order valence-corrected chi connectivity index (χ2v) is 6.30. The van der Waals surface area contributed by atoms with Gasteiger partial charge in [0.25, 0.3) is 0 Å². The maximum absolute atomic E-state index is 12.6. The standard InChI is InChI=1S/C15H22F3N5S/c1-21(2)6-5-19-14(24)23-9-7-22(8-10-23)13-4-3-12(11-20-13)15(16,17)18/h3-4,11H,5-10H2,1-2H3,(H,19,24). The van der Waals surface area contributed by atoms with Gasteiger partial charge in [0.1, 0.15) is 5.82 Å². The molecule has 0 unspecified atom stereocenters. The van der Waals surface area contributed by atoms with Gasteiger partial charge in [0.2, 0.25) is 0 Å². The molecule has 5 nitrogen and oxygen atoms in total. The largest absolute Gasteiger partial charge is 0.417 e. The number of aromatic nitrogens is 1. The highest BCUT2D eigenvalue weighted by Crippen LogP contribution is 2.29. The van der Waals surface area contributed by atoms with Crippen molar-refractivity contribution in [3.8, 4) is 0 Å². The van der Waals surface area contributed by atoms with Crippen molar-refractivity contribution in [3.63, 3.8) is 0 Å². The van der Waals surface area contributed by atoms with Gasteiger partial charge in [-0.3, -0.25) is 0 Å². The van der Waals surface area contributed by atoms with Crippen molar-refractivity contribution in [1.82, 2.24) is 20.1 Å². The van der Waals surface area contributed by atoms with Crippen molar-refractivity contribution in [3.05, 3.63) is 23.9 Å². The minimum Gasteiger partial charge on any atom is -0.361 e. The number of rotatable bonds is 4. The quantitative estimate of drug-likeness (QED) is 0.822. The smallest absolute Gasteiger partial charge is 0.361 e. The van der Waals surface area contributed by atoms with Gasteiger partial charge < -0.3 is 20.0 Å². The van der Waals surface area contributed by atoms with Gasteiger partial charge in [-0.2, -0.15) is 13.2 Å². The van der Waals surface area contributed by atoms with Gasteiger partial charge in [-0.1, -0.05) is 0 Å². The van der Waals surface area contributed by atoms with E-state index in [1.807, 2.05) is 19.0 Å². The van der Waals surface area contributed by atoms with Crippen LogP contribution in [0.4, 0.5) is 19.0 Å². The molecule has 9 heteroatoms. The van der Waals surface area contributed by atoms with Crippen molar-refractivity contribution in [1.29, 1.82) is 0 Å². The molecule has 0 radical (unpaired) electrons. The number of piperazine rings is 1. The fourth-order valence-corrected chi connectivity index (χ4v) is 2.66. The zero-order valence-electron chi connectivity index (χ0n) is 13.8. The number of alkyl halides is 3. The maximum atomic E-state index is 12.6. The summed E-state index contributed by atoms with van der Waals surface area (Å²) in [6.45, 7) is 4.47. The van der Waals surface area contributed by atoms with E-state index >= 15 is 0 Å². The molecule has 1 aliphatic rings. The first-order chi connectivity index (χ1) is 11.3. The zero-order chi connectivity index (χ0) is 17.7. The Bertz CT molecular complexity index is 539. The van der Waals surface area contributed by atoms with E-state index in [1.54, 1.807) is 0 Å². The van der Waals surface area contributed by atoms with Crippen LogP contribution in [0, 0.1) is 0 Å². The van der Waals surface area contributed by atoms with E-state index < -0.39 is 11.7 Å². The number of hydrogen-bond acceptors (Lipinski definition) is 4. The molecule has 0 saturated carbocycles. The number of pyridine rings is 1. The first-order valence-electron chi connectivity index (χ1n) is 7.73. The van der Waals surface area contributed by atoms with Crippen LogP contribution in [0.15, 0.2) is 18.3 Å². The molecule has 1 aliphatic heterocycles. The molecule has 0 amide bonds. The Hall–Kier alpha value is -1.61. The second-order valence-electron chi connectivity index (χ2n) is 5.91. The van der Waals surface area contributed by atoms with Crippen molar-refractivity contribution in [2.75, 3.05) is 58.3 Å². The highest BCUT2D eigenvalue weighted by atomic mass is 32.1. The summed E-state index contributed by atoms with van der Waals surface area (Å²) in [6, 6.07) is 2.49. The lowest BCUT2D eigenvalue weighted by atomic mass is 10.2. The highest BCUT2D eigenvalue weighted by Gasteiger charge is 2.31. The van der Waals surface area contributed by atoms with Gasteiger partial charge in [-0.25, -0.2) is 4.98 Å². The van der Waals surface area contributed by atoms with E-state index in [2.05, 4.69) is 20.1 Å². The highest BCUT2D eigenvalue weighted by molar-refractivity contribution is 7.80. The fourth-order valence-electron chi connectivity index (χ4n) is 2.38. The number of thiocarbonyl (C=S) groups is 1. The molecule has 1 aromatic heterocycles. The minimum atomic E-state index is -4.35. The molecule has 1 fully saturated rings. The van der Waals surface area contributed by atoms with E-state index in [9.17, 15) is 13.2 Å². The summed E-state index contributed by atoms with van der Waals surface area (Å²) in [4.78, 5) is 10.1. The fraction of sp³-hybridized carbons (Fsp3) is 0.600. The molecule has 2 rings (SSSR count). The Labute approximate surface area is 145 Å². The minimum absolute atomic E-state index is 0.564. The molecule has 1 aromatic rings. The van der Waals surface area contributed by atoms with Crippen LogP contribution in [0.1, 0.15) is 5.56 Å². The lowest BCUT2D eigenvalue weighted by Gasteiger charge is -2.37. The molecule has 0 spiro atoms. The van der Waals surface area contributed by atoms with Gasteiger partial charge >= 0.3 is 6.18 Å². The van der Waals surface area contributed by atoms with E-state index in [-0.39, 0.29) is 0 Å². The summed E-state index contributed by atoms with van der Waals surface area (Å²) >= 11 is 5.38. The summed E-state index contributed by atoms with van der Waals surface area (Å²) in [5.74, 6) is 0.564. The van der Waals surface area contributed by atoms with E-state index in [4.69, 9.17) is 12.2 Å². The summed E-state index contributed by atoms with van der Waals surface area (Å²) in [5, 5.41) is 3.94. The second kappa shape index (κ2) is 7.98. The van der Waals surface area contributed by atoms with Crippen LogP contribution in [0.3, 0.4) is 0 Å². The third kappa shape index (κ3) is 5.20. The van der Waals surface area contributed by atoms with Crippen LogP contribution < -0.4 is 10.2 Å². The average Bonchev–Trinajstić information content (AvgIpc) is 2.54. The average molecular weight is 361 g/mol. The Morgan fingerprint density at radius 1 is 1.25 bits per heavy atom. The van der Waals surface area contributed by atoms with Crippen LogP contribution in [-0.2, 0) is 6.18 Å². The molecule has 1 N–H and O–H groups in total. The topological polar surface area (TPSA) is 34.6 Å². The molecular formula is C15H22F3N5S. The van der Waals surface area contributed by atoms with Crippen molar-refractivity contribution in [2.45, 2.75) is 6.18 Å². The number of likely N-dealkylation sites (N-methyl/N-ethyl adjacent to an activating group) is 1. The monoisotopic (exact) mass is 361 g/mol. The Balaban J connectivity index is 1.83. The molecule has 2 heterocycles. The van der Waals surface area contributed by atoms with Crippen LogP contribution in [0.2, 0.25) is 0 Å². The SMILES string of the molecule is CN(C)CCNC(=S)N1CCN(c2ccc(C(F)(F)F)cn2)CC1. The lowest BCUT2D eigenvalue weighted by molar-refractivity contribution is -0.137. The van der Waals surface area contributed by atoms with E-state index in [0.29, 0.717) is 18.9 Å². The molecule has 0 bridgehead atoms. The normalized spacial score (nSPS) is 15.8. The number of anilines is 1. The van der Waals surface area contributed by atoms with Gasteiger partial charge in [-0.05, 0) is 38.4 Å². The van der Waals surface area contributed by atoms with Crippen LogP contribution in [-0.4, -0.2) is 73.3 Å². The number of hydrogen-bond donors (Lipinski definition) is 1. The van der Waals surface area contributed by atoms with Gasteiger partial charge in [0, 0.05) is 45.5 Å². The van der Waals surface area contributed by atoms with E-state index in [1.165, 1.54) is 6.07 Å². The third-order valence-electron chi connectivity index (χ3n) is 3.80. The first-order valence-corrected chi connectivity index (χ1v) is 8.14. The van der Waals surface area contributed by atoms with Gasteiger partial charge in [0.15, 0.2) is 5.11 Å². The van der Waals surface area contributed by atoms with Crippen molar-refractivity contribution in [2.24, 2.45) is 0 Å². The predicted molar refractivity (Wildman–Crippen MR) is 92.2 cm³/mol. The molecular weight excluding hydrogens is 339 g/mol. The number of nitrogens with one attached hydrogen (secondary N) is 1. The van der Waals surface area contributed by atoms with E-state index in [0.717, 1.165) is 43.6 Å². The summed E-state index contributed by atoms with van der Waals surface area (Å²) in [6.07, 6.45) is -3.47. The Morgan fingerprint density at radius 2 is 1.92 bits per heavy atom. The van der Waals surface area contributed by atoms with Crippen LogP contribution in [0.25, 0.3) is 0 Å². The zero-order valence-corrected chi connectivity index (χ0v) is 14.6.